The fraction of sp³-hybridized carbons (Fsp3) is 0.575. The van der Waals surface area contributed by atoms with Crippen LogP contribution in [0.4, 0.5) is 11.4 Å². The Morgan fingerprint density at radius 2 is 1.96 bits per heavy atom. The molecule has 1 saturated carbocycles. The van der Waals surface area contributed by atoms with E-state index in [0.717, 1.165) is 51.4 Å². The topological polar surface area (TPSA) is 183 Å². The van der Waals surface area contributed by atoms with E-state index in [1.807, 2.05) is 6.92 Å². The highest BCUT2D eigenvalue weighted by molar-refractivity contribution is 8.00. The highest BCUT2D eigenvalue weighted by Crippen LogP contribution is 2.61. The second kappa shape index (κ2) is 19.9. The average Bonchev–Trinajstić information content (AvgIpc) is 4.15. The third-order valence-electron chi connectivity index (χ3n) is 11.0. The Kier molecular flexibility index (Phi) is 14.8. The summed E-state index contributed by atoms with van der Waals surface area (Å²) in [6.45, 7) is 9.63. The summed E-state index contributed by atoms with van der Waals surface area (Å²) in [4.78, 5) is 42.5. The first kappa shape index (κ1) is 41.6. The standard InChI is InChI=1S/C40H56N8O7S/c1-2-46(19-16-43-26-35(50)32-8-9-34(49)38-37(32)48(38)56-44-53)36(51)12-22-54-21-11-29-4-3-5-31(24-29)27-45-17-13-40(14-18-45)28-47(20-23-55-40)39(52)33(41)10-15-42-25-30-6-7-30/h3-5,8-10,15,24,30,35,41-43,49-50H,2,6-7,11-14,16-23,25-28H2,1H3/b15-10-,41-33?. The van der Waals surface area contributed by atoms with Crippen LogP contribution < -0.4 is 14.9 Å². The molecule has 56 heavy (non-hydrogen) atoms. The van der Waals surface area contributed by atoms with E-state index >= 15 is 0 Å². The number of likely N-dealkylation sites (tertiary alicyclic amines) is 1. The minimum atomic E-state index is -0.851. The lowest BCUT2D eigenvalue weighted by Crippen LogP contribution is -2.58. The van der Waals surface area contributed by atoms with Crippen molar-refractivity contribution in [2.24, 2.45) is 10.5 Å². The van der Waals surface area contributed by atoms with Crippen LogP contribution in [0.1, 0.15) is 61.8 Å². The highest BCUT2D eigenvalue weighted by Gasteiger charge is 2.42. The summed E-state index contributed by atoms with van der Waals surface area (Å²) in [7, 11) is 0. The van der Waals surface area contributed by atoms with Crippen molar-refractivity contribution in [1.82, 2.24) is 25.3 Å². The third-order valence-corrected chi connectivity index (χ3v) is 11.6. The number of nitrogens with zero attached hydrogens (tertiary/aromatic N) is 5. The fourth-order valence-corrected chi connectivity index (χ4v) is 8.05. The number of carbonyl (C=O) groups excluding carboxylic acids is 2. The molecule has 15 nitrogen and oxygen atoms in total. The SMILES string of the molecule is CCN(CCNCC(O)c1ccc(O)c2c1N2SN=O)C(=O)CCOCCc1cccc(CN2CCC3(CC2)CN(C(=O)C(=N)/C=C\NCC2CC2)CCO3)c1. The number of ether oxygens (including phenoxy) is 2. The van der Waals surface area contributed by atoms with Gasteiger partial charge >= 0.3 is 0 Å². The summed E-state index contributed by atoms with van der Waals surface area (Å²) < 4.78 is 16.4. The lowest BCUT2D eigenvalue weighted by molar-refractivity contribution is -0.154. The molecule has 3 aliphatic heterocycles. The molecule has 2 aromatic carbocycles. The second-order valence-electron chi connectivity index (χ2n) is 15.1. The van der Waals surface area contributed by atoms with E-state index in [0.29, 0.717) is 81.6 Å². The number of hydrogen-bond acceptors (Lipinski definition) is 14. The van der Waals surface area contributed by atoms with E-state index in [1.54, 1.807) is 28.1 Å². The molecule has 1 spiro atoms. The second-order valence-corrected chi connectivity index (χ2v) is 15.8. The van der Waals surface area contributed by atoms with Crippen LogP contribution in [0, 0.1) is 16.2 Å². The number of nitroso groups, excluding NO2 is 1. The number of anilines is 2. The Morgan fingerprint density at radius 3 is 2.73 bits per heavy atom. The van der Waals surface area contributed by atoms with Gasteiger partial charge in [0.15, 0.2) is 0 Å². The average molecular weight is 793 g/mol. The van der Waals surface area contributed by atoms with Gasteiger partial charge in [-0.1, -0.05) is 30.3 Å². The van der Waals surface area contributed by atoms with E-state index in [-0.39, 0.29) is 41.8 Å². The molecule has 2 amide bonds. The first-order chi connectivity index (χ1) is 27.2. The molecular formula is C40H56N8O7S. The quantitative estimate of drug-likeness (QED) is 0.0380. The maximum Gasteiger partial charge on any atom is 0.271 e. The third kappa shape index (κ3) is 11.3. The molecule has 304 valence electrons. The number of aliphatic hydroxyl groups is 1. The number of aliphatic hydroxyl groups excluding tert-OH is 1. The molecule has 16 heteroatoms. The number of morpholine rings is 1. The maximum atomic E-state index is 13.0. The van der Waals surface area contributed by atoms with Crippen molar-refractivity contribution >= 4 is 41.0 Å². The number of aromatic hydroxyl groups is 1. The number of phenolic OH excluding ortho intramolecular Hbond substituents is 1. The zero-order valence-electron chi connectivity index (χ0n) is 32.3. The lowest BCUT2D eigenvalue weighted by atomic mass is 9.89. The van der Waals surface area contributed by atoms with Crippen LogP contribution in [0.5, 0.6) is 5.75 Å². The van der Waals surface area contributed by atoms with Crippen molar-refractivity contribution in [1.29, 1.82) is 5.41 Å². The molecule has 0 radical (unpaired) electrons. The van der Waals surface area contributed by atoms with E-state index < -0.39 is 6.10 Å². The number of phenols is 1. The van der Waals surface area contributed by atoms with Crippen molar-refractivity contribution < 1.29 is 29.3 Å². The fourth-order valence-electron chi connectivity index (χ4n) is 7.49. The Bertz CT molecular complexity index is 1720. The van der Waals surface area contributed by atoms with Crippen LogP contribution in [-0.2, 0) is 32.0 Å². The minimum absolute atomic E-state index is 0.00796. The first-order valence-electron chi connectivity index (χ1n) is 19.8. The van der Waals surface area contributed by atoms with Crippen LogP contribution in [0.3, 0.4) is 0 Å². The number of nitrogens with one attached hydrogen (secondary N) is 3. The molecule has 1 atom stereocenters. The van der Waals surface area contributed by atoms with E-state index in [4.69, 9.17) is 14.9 Å². The summed E-state index contributed by atoms with van der Waals surface area (Å²) in [5.41, 5.74) is 3.77. The number of likely N-dealkylation sites (N-methyl/N-ethyl adjacent to an activating group) is 1. The van der Waals surface area contributed by atoms with Gasteiger partial charge in [0.05, 0.1) is 50.2 Å². The number of fused-ring (bicyclic) bond motifs is 1. The predicted molar refractivity (Wildman–Crippen MR) is 217 cm³/mol. The molecule has 3 fully saturated rings. The zero-order valence-corrected chi connectivity index (χ0v) is 33.1. The minimum Gasteiger partial charge on any atom is -0.506 e. The van der Waals surface area contributed by atoms with Crippen molar-refractivity contribution in [3.63, 3.8) is 0 Å². The van der Waals surface area contributed by atoms with Gasteiger partial charge in [0.25, 0.3) is 5.91 Å². The van der Waals surface area contributed by atoms with Crippen LogP contribution in [0.15, 0.2) is 53.3 Å². The number of rotatable bonds is 22. The van der Waals surface area contributed by atoms with Crippen LogP contribution in [0.2, 0.25) is 0 Å². The molecule has 3 heterocycles. The van der Waals surface area contributed by atoms with Crippen molar-refractivity contribution in [3.05, 3.63) is 70.3 Å². The Morgan fingerprint density at radius 1 is 1.16 bits per heavy atom. The molecule has 5 N–H and O–H groups in total. The van der Waals surface area contributed by atoms with Crippen LogP contribution in [0.25, 0.3) is 0 Å². The van der Waals surface area contributed by atoms with E-state index in [2.05, 4.69) is 44.4 Å². The van der Waals surface area contributed by atoms with E-state index in [9.17, 15) is 24.7 Å². The van der Waals surface area contributed by atoms with Gasteiger partial charge < -0.3 is 40.1 Å². The Labute approximate surface area is 333 Å². The summed E-state index contributed by atoms with van der Waals surface area (Å²) >= 11 is 0.669. The van der Waals surface area contributed by atoms with Crippen molar-refractivity contribution in [3.8, 4) is 5.75 Å². The van der Waals surface area contributed by atoms with Crippen LogP contribution >= 0.6 is 12.1 Å². The van der Waals surface area contributed by atoms with Gasteiger partial charge in [-0.2, -0.15) is 0 Å². The van der Waals surface area contributed by atoms with Crippen molar-refractivity contribution in [2.45, 2.75) is 63.7 Å². The predicted octanol–water partition coefficient (Wildman–Crippen LogP) is 4.02. The normalized spacial score (nSPS) is 18.2. The number of piperidine rings is 1. The molecule has 1 unspecified atom stereocenters. The molecule has 4 aliphatic rings. The monoisotopic (exact) mass is 792 g/mol. The molecule has 1 aliphatic carbocycles. The summed E-state index contributed by atoms with van der Waals surface area (Å²) in [6.07, 6.45) is 7.69. The van der Waals surface area contributed by atoms with Gasteiger partial charge in [-0.05, 0) is 74.4 Å². The molecular weight excluding hydrogens is 737 g/mol. The first-order valence-corrected chi connectivity index (χ1v) is 20.5. The van der Waals surface area contributed by atoms with Crippen molar-refractivity contribution in [2.75, 3.05) is 83.0 Å². The zero-order chi connectivity index (χ0) is 39.5. The molecule has 0 bridgehead atoms. The van der Waals surface area contributed by atoms with Gasteiger partial charge in [0.2, 0.25) is 5.91 Å². The Balaban J connectivity index is 0.842. The summed E-state index contributed by atoms with van der Waals surface area (Å²) in [5.74, 6) is 0.548. The lowest BCUT2D eigenvalue weighted by Gasteiger charge is -2.47. The maximum absolute atomic E-state index is 13.0. The number of carbonyl (C=O) groups is 2. The molecule has 2 saturated heterocycles. The van der Waals surface area contributed by atoms with Gasteiger partial charge in [0.1, 0.15) is 29.3 Å². The van der Waals surface area contributed by atoms with E-state index in [1.165, 1.54) is 34.3 Å². The highest BCUT2D eigenvalue weighted by atomic mass is 32.2. The molecule has 0 aromatic heterocycles. The van der Waals surface area contributed by atoms with Crippen LogP contribution in [-0.4, -0.2) is 127 Å². The number of hydrogen-bond donors (Lipinski definition) is 5. The van der Waals surface area contributed by atoms with Gasteiger partial charge in [-0.25, -0.2) is 0 Å². The number of amides is 2. The largest absolute Gasteiger partial charge is 0.506 e. The number of benzene rings is 2. The molecule has 2 aromatic rings. The Hall–Kier alpha value is -4.06. The summed E-state index contributed by atoms with van der Waals surface area (Å²) in [5, 5.41) is 35.3. The summed E-state index contributed by atoms with van der Waals surface area (Å²) in [6, 6.07) is 11.7. The van der Waals surface area contributed by atoms with Gasteiger partial charge in [0, 0.05) is 69.0 Å². The van der Waals surface area contributed by atoms with Gasteiger partial charge in [-0.15, -0.1) is 4.91 Å². The van der Waals surface area contributed by atoms with Gasteiger partial charge in [-0.3, -0.25) is 24.2 Å². The molecule has 6 rings (SSSR count). The smallest absolute Gasteiger partial charge is 0.271 e.